The van der Waals surface area contributed by atoms with Crippen molar-refractivity contribution in [3.63, 3.8) is 0 Å². The van der Waals surface area contributed by atoms with Crippen molar-refractivity contribution in [1.82, 2.24) is 0 Å². The summed E-state index contributed by atoms with van der Waals surface area (Å²) in [5.41, 5.74) is -0.0675. The molecule has 0 aliphatic rings. The number of hydrogen-bond donors (Lipinski definition) is 0. The van der Waals surface area contributed by atoms with Crippen LogP contribution in [-0.4, -0.2) is 96.8 Å². The lowest BCUT2D eigenvalue weighted by Crippen LogP contribution is -2.19. The first-order chi connectivity index (χ1) is 18.6. The third-order valence-electron chi connectivity index (χ3n) is 4.76. The molecule has 0 N–H and O–H groups in total. The lowest BCUT2D eigenvalue weighted by molar-refractivity contribution is -0.387. The molecule has 218 valence electrons. The summed E-state index contributed by atoms with van der Waals surface area (Å²) in [4.78, 5) is 23.3. The van der Waals surface area contributed by atoms with Crippen LogP contribution >= 0.6 is 0 Å². The Hall–Kier alpha value is -2.19. The number of benzene rings is 1. The highest BCUT2D eigenvalue weighted by Crippen LogP contribution is 2.28. The van der Waals surface area contributed by atoms with E-state index in [1.54, 1.807) is 6.07 Å². The Bertz CT molecular complexity index is 735. The fraction of sp³-hybridized carbons (Fsp3) is 0.731. The van der Waals surface area contributed by atoms with Crippen LogP contribution < -0.4 is 0 Å². The number of carbonyl (C=O) groups excluding carboxylic acids is 1. The van der Waals surface area contributed by atoms with Gasteiger partial charge in [-0.25, -0.2) is 0 Å². The molecule has 0 aromatic heterocycles. The summed E-state index contributed by atoms with van der Waals surface area (Å²) < 4.78 is 43.3. The number of nitro benzene ring substituents is 1. The minimum Gasteiger partial charge on any atom is -0.431 e. The Labute approximate surface area is 224 Å². The molecule has 1 aromatic rings. The molecule has 0 saturated heterocycles. The largest absolute Gasteiger partial charge is 0.431 e. The number of ether oxygens (including phenoxy) is 8. The van der Waals surface area contributed by atoms with Crippen molar-refractivity contribution in [2.45, 2.75) is 39.4 Å². The summed E-state index contributed by atoms with van der Waals surface area (Å²) in [7, 11) is 0. The van der Waals surface area contributed by atoms with Gasteiger partial charge in [0, 0.05) is 19.3 Å². The van der Waals surface area contributed by atoms with E-state index in [-0.39, 0.29) is 37.5 Å². The minimum absolute atomic E-state index is 0.0457. The molecule has 0 aliphatic carbocycles. The van der Waals surface area contributed by atoms with Crippen LogP contribution in [0.15, 0.2) is 24.3 Å². The van der Waals surface area contributed by atoms with Gasteiger partial charge in [-0.3, -0.25) is 14.9 Å². The van der Waals surface area contributed by atoms with Gasteiger partial charge in [-0.2, -0.15) is 0 Å². The predicted molar refractivity (Wildman–Crippen MR) is 138 cm³/mol. The molecule has 0 spiro atoms. The Balaban J connectivity index is 2.37. The third-order valence-corrected chi connectivity index (χ3v) is 4.76. The Morgan fingerprint density at radius 1 is 0.711 bits per heavy atom. The first kappa shape index (κ1) is 33.8. The lowest BCUT2D eigenvalue weighted by Gasteiger charge is -2.19. The van der Waals surface area contributed by atoms with Gasteiger partial charge in [0.05, 0.1) is 89.6 Å². The molecule has 38 heavy (non-hydrogen) atoms. The summed E-state index contributed by atoms with van der Waals surface area (Å²) >= 11 is 0. The maximum Gasteiger partial charge on any atom is 0.310 e. The van der Waals surface area contributed by atoms with E-state index in [0.29, 0.717) is 66.1 Å². The van der Waals surface area contributed by atoms with Gasteiger partial charge in [-0.1, -0.05) is 26.0 Å². The van der Waals surface area contributed by atoms with Gasteiger partial charge in [-0.05, 0) is 18.9 Å². The second kappa shape index (κ2) is 23.9. The minimum atomic E-state index is -1.26. The summed E-state index contributed by atoms with van der Waals surface area (Å²) in [6, 6.07) is 5.96. The van der Waals surface area contributed by atoms with E-state index in [1.165, 1.54) is 18.2 Å². The van der Waals surface area contributed by atoms with E-state index in [0.717, 1.165) is 12.8 Å². The molecule has 1 rings (SSSR count). The monoisotopic (exact) mass is 545 g/mol. The first-order valence-corrected chi connectivity index (χ1v) is 13.1. The molecule has 1 aromatic carbocycles. The second-order valence-corrected chi connectivity index (χ2v) is 7.93. The van der Waals surface area contributed by atoms with Gasteiger partial charge in [-0.15, -0.1) is 0 Å². The molecular formula is C26H43NO11. The van der Waals surface area contributed by atoms with Crippen LogP contribution in [0.3, 0.4) is 0 Å². The van der Waals surface area contributed by atoms with Crippen LogP contribution in [0.25, 0.3) is 0 Å². The van der Waals surface area contributed by atoms with Crippen molar-refractivity contribution in [1.29, 1.82) is 0 Å². The standard InChI is InChI=1S/C26H43NO11/c1-3-10-31-13-16-34-18-15-33-12-9-25(28)38-26(23-7-5-6-8-24(23)27(29)30)37-22-21-36-20-19-35-17-14-32-11-4-2/h5-8,26H,3-4,9-22H2,1-2H3. The lowest BCUT2D eigenvalue weighted by atomic mass is 10.1. The van der Waals surface area contributed by atoms with Gasteiger partial charge in [0.25, 0.3) is 5.69 Å². The molecule has 0 bridgehead atoms. The summed E-state index contributed by atoms with van der Waals surface area (Å²) in [5.74, 6) is -0.610. The zero-order valence-corrected chi connectivity index (χ0v) is 22.6. The first-order valence-electron chi connectivity index (χ1n) is 13.1. The Morgan fingerprint density at radius 3 is 1.66 bits per heavy atom. The molecule has 1 unspecified atom stereocenters. The topological polar surface area (TPSA) is 134 Å². The van der Waals surface area contributed by atoms with Crippen LogP contribution in [0.1, 0.15) is 45.0 Å². The molecule has 0 heterocycles. The SMILES string of the molecule is CCCOCCOCCOCCOC(OC(=O)CCOCCOCCOCCC)c1ccccc1[N+](=O)[O-]. The van der Waals surface area contributed by atoms with Crippen LogP contribution in [0.2, 0.25) is 0 Å². The van der Waals surface area contributed by atoms with Crippen LogP contribution in [-0.2, 0) is 42.7 Å². The summed E-state index contributed by atoms with van der Waals surface area (Å²) in [6.07, 6.45) is 0.619. The third kappa shape index (κ3) is 17.3. The van der Waals surface area contributed by atoms with Crippen molar-refractivity contribution >= 4 is 11.7 Å². The molecule has 1 atom stereocenters. The maximum absolute atomic E-state index is 12.4. The van der Waals surface area contributed by atoms with Gasteiger partial charge in [0.1, 0.15) is 0 Å². The highest BCUT2D eigenvalue weighted by atomic mass is 16.7. The molecule has 0 radical (unpaired) electrons. The van der Waals surface area contributed by atoms with Gasteiger partial charge in [0.2, 0.25) is 6.29 Å². The average molecular weight is 546 g/mol. The van der Waals surface area contributed by atoms with Crippen molar-refractivity contribution < 1.29 is 47.6 Å². The van der Waals surface area contributed by atoms with Crippen molar-refractivity contribution in [3.8, 4) is 0 Å². The van der Waals surface area contributed by atoms with Crippen LogP contribution in [0.5, 0.6) is 0 Å². The highest BCUT2D eigenvalue weighted by Gasteiger charge is 2.25. The number of hydrogen-bond acceptors (Lipinski definition) is 11. The number of nitrogens with zero attached hydrogens (tertiary/aromatic N) is 1. The molecule has 0 aliphatic heterocycles. The Morgan fingerprint density at radius 2 is 1.16 bits per heavy atom. The number of rotatable bonds is 26. The Kier molecular flexibility index (Phi) is 21.3. The van der Waals surface area contributed by atoms with Gasteiger partial charge >= 0.3 is 5.97 Å². The van der Waals surface area contributed by atoms with Crippen molar-refractivity contribution in [2.24, 2.45) is 0 Å². The number of carbonyl (C=O) groups is 1. The van der Waals surface area contributed by atoms with E-state index in [2.05, 4.69) is 0 Å². The van der Waals surface area contributed by atoms with E-state index in [4.69, 9.17) is 37.9 Å². The molecule has 12 nitrogen and oxygen atoms in total. The normalized spacial score (nSPS) is 11.9. The van der Waals surface area contributed by atoms with E-state index >= 15 is 0 Å². The zero-order valence-electron chi connectivity index (χ0n) is 22.6. The van der Waals surface area contributed by atoms with Crippen molar-refractivity contribution in [3.05, 3.63) is 39.9 Å². The number of para-hydroxylation sites is 1. The molecule has 12 heteroatoms. The van der Waals surface area contributed by atoms with E-state index < -0.39 is 17.2 Å². The summed E-state index contributed by atoms with van der Waals surface area (Å²) in [5, 5.41) is 11.5. The number of esters is 1. The highest BCUT2D eigenvalue weighted by molar-refractivity contribution is 5.69. The number of nitro groups is 1. The molecule has 0 saturated carbocycles. The molecule has 0 fully saturated rings. The average Bonchev–Trinajstić information content (AvgIpc) is 2.92. The van der Waals surface area contributed by atoms with E-state index in [9.17, 15) is 14.9 Å². The van der Waals surface area contributed by atoms with Gasteiger partial charge < -0.3 is 37.9 Å². The summed E-state index contributed by atoms with van der Waals surface area (Å²) in [6.45, 7) is 9.32. The second-order valence-electron chi connectivity index (χ2n) is 7.93. The van der Waals surface area contributed by atoms with E-state index in [1.807, 2.05) is 13.8 Å². The smallest absolute Gasteiger partial charge is 0.310 e. The quantitative estimate of drug-likeness (QED) is 0.0557. The van der Waals surface area contributed by atoms with Crippen molar-refractivity contribution in [2.75, 3.05) is 85.9 Å². The fourth-order valence-corrected chi connectivity index (χ4v) is 2.96. The van der Waals surface area contributed by atoms with Crippen LogP contribution in [0, 0.1) is 10.1 Å². The predicted octanol–water partition coefficient (Wildman–Crippen LogP) is 3.46. The zero-order chi connectivity index (χ0) is 27.7. The van der Waals surface area contributed by atoms with Gasteiger partial charge in [0.15, 0.2) is 0 Å². The molecule has 0 amide bonds. The van der Waals surface area contributed by atoms with Crippen LogP contribution in [0.4, 0.5) is 5.69 Å². The molecular weight excluding hydrogens is 502 g/mol. The fourth-order valence-electron chi connectivity index (χ4n) is 2.96. The maximum atomic E-state index is 12.4.